The van der Waals surface area contributed by atoms with Gasteiger partial charge in [-0.3, -0.25) is 0 Å². The van der Waals surface area contributed by atoms with Crippen LogP contribution in [0.3, 0.4) is 0 Å². The van der Waals surface area contributed by atoms with Crippen molar-refractivity contribution < 1.29 is 14.6 Å². The average molecular weight is 365 g/mol. The Labute approximate surface area is 160 Å². The van der Waals surface area contributed by atoms with Gasteiger partial charge in [0.15, 0.2) is 0 Å². The molecule has 4 nitrogen and oxygen atoms in total. The highest BCUT2D eigenvalue weighted by Gasteiger charge is 2.45. The smallest absolute Gasteiger partial charge is 0.347 e. The van der Waals surface area contributed by atoms with E-state index in [1.165, 1.54) is 6.42 Å². The molecule has 0 unspecified atom stereocenters. The predicted molar refractivity (Wildman–Crippen MR) is 105 cm³/mol. The van der Waals surface area contributed by atoms with Crippen molar-refractivity contribution in [2.24, 2.45) is 0 Å². The van der Waals surface area contributed by atoms with Gasteiger partial charge in [0.1, 0.15) is 6.61 Å². The molecule has 0 amide bonds. The summed E-state index contributed by atoms with van der Waals surface area (Å²) in [4.78, 5) is 15.5. The van der Waals surface area contributed by atoms with Crippen molar-refractivity contribution in [2.75, 3.05) is 20.2 Å². The normalized spacial score (nSPS) is 21.6. The maximum atomic E-state index is 13.3. The summed E-state index contributed by atoms with van der Waals surface area (Å²) in [5.41, 5.74) is 1.55. The van der Waals surface area contributed by atoms with Gasteiger partial charge in [-0.15, -0.1) is 0 Å². The number of hydrogen-bond acceptors (Lipinski definition) is 4. The number of hydrogen-bond donors (Lipinski definition) is 1. The fourth-order valence-electron chi connectivity index (χ4n) is 4.45. The number of ether oxygens (including phenoxy) is 1. The van der Waals surface area contributed by atoms with Crippen molar-refractivity contribution >= 4 is 5.97 Å². The zero-order chi connectivity index (χ0) is 18.9. The molecule has 1 N–H and O–H groups in total. The minimum absolute atomic E-state index is 0.225. The second-order valence-electron chi connectivity index (χ2n) is 7.75. The number of carbonyl (C=O) groups is 1. The number of rotatable bonds is 3. The molecule has 0 spiro atoms. The Balaban J connectivity index is 1.68. The summed E-state index contributed by atoms with van der Waals surface area (Å²) < 4.78 is 5.73. The Morgan fingerprint density at radius 1 is 1.07 bits per heavy atom. The summed E-state index contributed by atoms with van der Waals surface area (Å²) >= 11 is 0. The van der Waals surface area contributed by atoms with Gasteiger partial charge in [-0.05, 0) is 50.4 Å². The van der Waals surface area contributed by atoms with E-state index in [-0.39, 0.29) is 6.04 Å². The van der Waals surface area contributed by atoms with Gasteiger partial charge in [0, 0.05) is 17.2 Å². The highest BCUT2D eigenvalue weighted by atomic mass is 16.6. The molecule has 4 heteroatoms. The Hall–Kier alpha value is -2.17. The first-order chi connectivity index (χ1) is 13.1. The molecule has 0 saturated carbocycles. The summed E-state index contributed by atoms with van der Waals surface area (Å²) in [5, 5.41) is 11.7. The molecule has 142 valence electrons. The topological polar surface area (TPSA) is 49.8 Å². The molecule has 2 aliphatic rings. The number of nitrogens with zero attached hydrogens (tertiary/aromatic N) is 1. The fraction of sp³-hybridized carbons (Fsp3) is 0.435. The van der Waals surface area contributed by atoms with Crippen LogP contribution in [0.5, 0.6) is 0 Å². The quantitative estimate of drug-likeness (QED) is 0.850. The highest BCUT2D eigenvalue weighted by molar-refractivity contribution is 5.86. The summed E-state index contributed by atoms with van der Waals surface area (Å²) in [6.45, 7) is 1.35. The average Bonchev–Trinajstić information content (AvgIpc) is 2.83. The lowest BCUT2D eigenvalue weighted by molar-refractivity contribution is -0.164. The van der Waals surface area contributed by atoms with Crippen LogP contribution in [0.15, 0.2) is 48.5 Å². The van der Waals surface area contributed by atoms with E-state index in [4.69, 9.17) is 4.74 Å². The fourth-order valence-corrected chi connectivity index (χ4v) is 4.45. The summed E-state index contributed by atoms with van der Waals surface area (Å²) in [6, 6.07) is 15.6. The molecule has 1 heterocycles. The van der Waals surface area contributed by atoms with Crippen molar-refractivity contribution in [2.45, 2.75) is 43.7 Å². The largest absolute Gasteiger partial charge is 0.461 e. The number of likely N-dealkylation sites (tertiary alicyclic amines) is 1. The van der Waals surface area contributed by atoms with Crippen LogP contribution in [0.25, 0.3) is 0 Å². The van der Waals surface area contributed by atoms with Gasteiger partial charge < -0.3 is 14.7 Å². The number of fused-ring (bicyclic) bond motifs is 2. The van der Waals surface area contributed by atoms with Crippen LogP contribution in [0.2, 0.25) is 0 Å². The Bertz CT molecular complexity index is 784. The van der Waals surface area contributed by atoms with E-state index < -0.39 is 11.6 Å². The van der Waals surface area contributed by atoms with Gasteiger partial charge >= 0.3 is 5.97 Å². The van der Waals surface area contributed by atoms with Gasteiger partial charge in [-0.25, -0.2) is 4.79 Å². The van der Waals surface area contributed by atoms with Crippen LogP contribution in [-0.2, 0) is 28.0 Å². The monoisotopic (exact) mass is 365 g/mol. The number of carbonyl (C=O) groups excluding carboxylic acids is 1. The second-order valence-corrected chi connectivity index (χ2v) is 7.75. The number of piperidine rings is 1. The zero-order valence-electron chi connectivity index (χ0n) is 15.9. The van der Waals surface area contributed by atoms with Crippen LogP contribution < -0.4 is 0 Å². The van der Waals surface area contributed by atoms with Crippen LogP contribution >= 0.6 is 0 Å². The van der Waals surface area contributed by atoms with Crippen LogP contribution in [0.1, 0.15) is 41.5 Å². The third-order valence-corrected chi connectivity index (χ3v) is 6.10. The number of benzene rings is 2. The molecule has 1 atom stereocenters. The van der Waals surface area contributed by atoms with E-state index in [1.54, 1.807) is 0 Å². The predicted octanol–water partition coefficient (Wildman–Crippen LogP) is 3.05. The Morgan fingerprint density at radius 3 is 2.26 bits per heavy atom. The molecule has 4 rings (SSSR count). The van der Waals surface area contributed by atoms with Crippen molar-refractivity contribution in [3.63, 3.8) is 0 Å². The molecule has 1 fully saturated rings. The lowest BCUT2D eigenvalue weighted by atomic mass is 9.83. The van der Waals surface area contributed by atoms with Gasteiger partial charge in [-0.1, -0.05) is 55.0 Å². The molecule has 0 radical (unpaired) electrons. The third-order valence-electron chi connectivity index (χ3n) is 6.10. The minimum atomic E-state index is -1.75. The molecular formula is C23H27NO3. The second kappa shape index (κ2) is 7.45. The van der Waals surface area contributed by atoms with Gasteiger partial charge in [0.05, 0.1) is 0 Å². The minimum Gasteiger partial charge on any atom is -0.461 e. The number of esters is 1. The van der Waals surface area contributed by atoms with E-state index in [9.17, 15) is 9.90 Å². The van der Waals surface area contributed by atoms with E-state index in [0.29, 0.717) is 17.7 Å². The molecule has 0 aromatic heterocycles. The molecule has 1 aliphatic carbocycles. The number of likely N-dealkylation sites (N-methyl/N-ethyl adjacent to an activating group) is 1. The van der Waals surface area contributed by atoms with E-state index in [1.807, 2.05) is 48.5 Å². The molecular weight excluding hydrogens is 338 g/mol. The molecule has 1 saturated heterocycles. The molecule has 2 aromatic rings. The Kier molecular flexibility index (Phi) is 5.02. The lowest BCUT2D eigenvalue weighted by Crippen LogP contribution is -2.44. The first-order valence-corrected chi connectivity index (χ1v) is 9.87. The Morgan fingerprint density at radius 2 is 1.67 bits per heavy atom. The van der Waals surface area contributed by atoms with Gasteiger partial charge in [-0.2, -0.15) is 0 Å². The maximum absolute atomic E-state index is 13.3. The first kappa shape index (κ1) is 18.2. The van der Waals surface area contributed by atoms with Crippen LogP contribution in [-0.4, -0.2) is 42.2 Å². The SMILES string of the molecule is CN1CCCC[C@H]1COC(=O)C1(O)c2ccccc2CCc2ccccc21. The summed E-state index contributed by atoms with van der Waals surface area (Å²) in [6.07, 6.45) is 4.96. The molecule has 27 heavy (non-hydrogen) atoms. The first-order valence-electron chi connectivity index (χ1n) is 9.87. The summed E-state index contributed by atoms with van der Waals surface area (Å²) in [7, 11) is 2.07. The zero-order valence-corrected chi connectivity index (χ0v) is 15.9. The molecule has 2 aromatic carbocycles. The van der Waals surface area contributed by atoms with Crippen LogP contribution in [0.4, 0.5) is 0 Å². The van der Waals surface area contributed by atoms with Crippen molar-refractivity contribution in [1.29, 1.82) is 0 Å². The number of aryl methyl sites for hydroxylation is 2. The third kappa shape index (κ3) is 3.28. The van der Waals surface area contributed by atoms with Gasteiger partial charge in [0.2, 0.25) is 5.60 Å². The number of aliphatic hydroxyl groups is 1. The van der Waals surface area contributed by atoms with Gasteiger partial charge in [0.25, 0.3) is 0 Å². The maximum Gasteiger partial charge on any atom is 0.347 e. The van der Waals surface area contributed by atoms with E-state index in [0.717, 1.165) is 43.4 Å². The van der Waals surface area contributed by atoms with Crippen molar-refractivity contribution in [1.82, 2.24) is 4.90 Å². The molecule has 0 bridgehead atoms. The highest BCUT2D eigenvalue weighted by Crippen LogP contribution is 2.38. The lowest BCUT2D eigenvalue weighted by Gasteiger charge is -2.34. The molecule has 1 aliphatic heterocycles. The van der Waals surface area contributed by atoms with E-state index in [2.05, 4.69) is 11.9 Å². The van der Waals surface area contributed by atoms with Crippen molar-refractivity contribution in [3.05, 3.63) is 70.8 Å². The van der Waals surface area contributed by atoms with Crippen molar-refractivity contribution in [3.8, 4) is 0 Å². The standard InChI is InChI=1S/C23H27NO3/c1-24-15-7-6-10-19(24)16-27-22(25)23(26)20-11-4-2-8-17(20)13-14-18-9-3-5-12-21(18)23/h2-5,8-9,11-12,19,26H,6-7,10,13-16H2,1H3/t19-/m0/s1. The summed E-state index contributed by atoms with van der Waals surface area (Å²) in [5.74, 6) is -0.566. The van der Waals surface area contributed by atoms with E-state index >= 15 is 0 Å². The van der Waals surface area contributed by atoms with Crippen LogP contribution in [0, 0.1) is 0 Å².